The summed E-state index contributed by atoms with van der Waals surface area (Å²) >= 11 is 0. The maximum absolute atomic E-state index is 3.46. The number of benzene rings is 1. The third-order valence-corrected chi connectivity index (χ3v) is 5.48. The lowest BCUT2D eigenvalue weighted by Crippen LogP contribution is -2.49. The molecule has 3 nitrogen and oxygen atoms in total. The molecule has 0 saturated carbocycles. The second-order valence-corrected chi connectivity index (χ2v) is 6.92. The fraction of sp³-hybridized carbons (Fsp3) is 0.667. The van der Waals surface area contributed by atoms with Gasteiger partial charge in [0.15, 0.2) is 0 Å². The van der Waals surface area contributed by atoms with Crippen LogP contribution in [0, 0.1) is 0 Å². The lowest BCUT2D eigenvalue weighted by molar-refractivity contribution is 0.170. The molecule has 4 rings (SSSR count). The number of rotatable bonds is 3. The van der Waals surface area contributed by atoms with E-state index in [2.05, 4.69) is 33.3 Å². The van der Waals surface area contributed by atoms with Crippen LogP contribution in [0.5, 0.6) is 0 Å². The molecule has 2 fully saturated rings. The Bertz CT molecular complexity index is 493. The third kappa shape index (κ3) is 3.01. The first kappa shape index (κ1) is 13.7. The highest BCUT2D eigenvalue weighted by atomic mass is 15.3. The minimum atomic E-state index is 0.793. The van der Waals surface area contributed by atoms with Gasteiger partial charge in [0.25, 0.3) is 0 Å². The highest BCUT2D eigenvalue weighted by Gasteiger charge is 2.28. The number of piperazine rings is 1. The van der Waals surface area contributed by atoms with Crippen molar-refractivity contribution in [3.8, 4) is 0 Å². The molecule has 1 N–H and O–H groups in total. The normalized spacial score (nSPS) is 27.1. The SMILES string of the molecule is c1cc2c(cc1CN1CCC(N3CCNCC3)C1)CCC2. The average molecular weight is 285 g/mol. The van der Waals surface area contributed by atoms with E-state index in [-0.39, 0.29) is 0 Å². The Morgan fingerprint density at radius 1 is 1.05 bits per heavy atom. The first-order valence-corrected chi connectivity index (χ1v) is 8.66. The second-order valence-electron chi connectivity index (χ2n) is 6.92. The van der Waals surface area contributed by atoms with Crippen LogP contribution in [0.2, 0.25) is 0 Å². The van der Waals surface area contributed by atoms with Crippen molar-refractivity contribution in [1.82, 2.24) is 15.1 Å². The zero-order chi connectivity index (χ0) is 14.1. The molecule has 1 aliphatic carbocycles. The lowest BCUT2D eigenvalue weighted by atomic mass is 10.1. The van der Waals surface area contributed by atoms with E-state index in [0.29, 0.717) is 0 Å². The number of aryl methyl sites for hydroxylation is 2. The predicted octanol–water partition coefficient (Wildman–Crippen LogP) is 1.65. The van der Waals surface area contributed by atoms with Crippen LogP contribution >= 0.6 is 0 Å². The van der Waals surface area contributed by atoms with Gasteiger partial charge in [-0.25, -0.2) is 0 Å². The van der Waals surface area contributed by atoms with Gasteiger partial charge in [-0.2, -0.15) is 0 Å². The number of fused-ring (bicyclic) bond motifs is 1. The first-order valence-electron chi connectivity index (χ1n) is 8.66. The van der Waals surface area contributed by atoms with Crippen LogP contribution in [0.3, 0.4) is 0 Å². The molecule has 1 unspecified atom stereocenters. The molecule has 0 spiro atoms. The van der Waals surface area contributed by atoms with Gasteiger partial charge in [0, 0.05) is 51.9 Å². The lowest BCUT2D eigenvalue weighted by Gasteiger charge is -2.32. The first-order chi connectivity index (χ1) is 10.4. The van der Waals surface area contributed by atoms with Crippen molar-refractivity contribution in [2.75, 3.05) is 39.3 Å². The topological polar surface area (TPSA) is 18.5 Å². The molecule has 0 bridgehead atoms. The number of hydrogen-bond acceptors (Lipinski definition) is 3. The minimum Gasteiger partial charge on any atom is -0.314 e. The molecule has 3 heteroatoms. The van der Waals surface area contributed by atoms with E-state index in [4.69, 9.17) is 0 Å². The van der Waals surface area contributed by atoms with Gasteiger partial charge in [0.2, 0.25) is 0 Å². The zero-order valence-corrected chi connectivity index (χ0v) is 13.0. The van der Waals surface area contributed by atoms with Crippen LogP contribution < -0.4 is 5.32 Å². The smallest absolute Gasteiger partial charge is 0.0236 e. The Morgan fingerprint density at radius 2 is 1.90 bits per heavy atom. The summed E-state index contributed by atoms with van der Waals surface area (Å²) < 4.78 is 0. The number of nitrogens with one attached hydrogen (secondary N) is 1. The van der Waals surface area contributed by atoms with E-state index < -0.39 is 0 Å². The van der Waals surface area contributed by atoms with E-state index >= 15 is 0 Å². The van der Waals surface area contributed by atoms with Gasteiger partial charge in [-0.1, -0.05) is 18.2 Å². The Balaban J connectivity index is 1.35. The molecule has 2 saturated heterocycles. The van der Waals surface area contributed by atoms with E-state index in [1.54, 1.807) is 11.1 Å². The van der Waals surface area contributed by atoms with Crippen LogP contribution in [0.25, 0.3) is 0 Å². The molecule has 1 aromatic carbocycles. The summed E-state index contributed by atoms with van der Waals surface area (Å²) in [6, 6.07) is 8.01. The summed E-state index contributed by atoms with van der Waals surface area (Å²) in [5.41, 5.74) is 4.74. The summed E-state index contributed by atoms with van der Waals surface area (Å²) in [4.78, 5) is 5.35. The predicted molar refractivity (Wildman–Crippen MR) is 86.6 cm³/mol. The van der Waals surface area contributed by atoms with E-state index in [1.807, 2.05) is 0 Å². The van der Waals surface area contributed by atoms with Crippen LogP contribution in [0.15, 0.2) is 18.2 Å². The second kappa shape index (κ2) is 6.07. The Morgan fingerprint density at radius 3 is 2.81 bits per heavy atom. The van der Waals surface area contributed by atoms with Crippen LogP contribution in [0.1, 0.15) is 29.5 Å². The maximum atomic E-state index is 3.46. The van der Waals surface area contributed by atoms with Crippen molar-refractivity contribution in [3.63, 3.8) is 0 Å². The number of nitrogens with zero attached hydrogens (tertiary/aromatic N) is 2. The van der Waals surface area contributed by atoms with Gasteiger partial charge in [-0.3, -0.25) is 9.80 Å². The molecule has 2 heterocycles. The summed E-state index contributed by atoms with van der Waals surface area (Å²) in [5, 5.41) is 3.46. The van der Waals surface area contributed by atoms with Gasteiger partial charge in [0.1, 0.15) is 0 Å². The van der Waals surface area contributed by atoms with E-state index in [1.165, 1.54) is 70.5 Å². The highest BCUT2D eigenvalue weighted by Crippen LogP contribution is 2.24. The molecule has 21 heavy (non-hydrogen) atoms. The summed E-state index contributed by atoms with van der Waals surface area (Å²) in [6.07, 6.45) is 5.30. The largest absolute Gasteiger partial charge is 0.314 e. The number of likely N-dealkylation sites (tertiary alicyclic amines) is 1. The van der Waals surface area contributed by atoms with E-state index in [9.17, 15) is 0 Å². The fourth-order valence-corrected chi connectivity index (χ4v) is 4.28. The number of hydrogen-bond donors (Lipinski definition) is 1. The highest BCUT2D eigenvalue weighted by molar-refractivity contribution is 5.35. The summed E-state index contributed by atoms with van der Waals surface area (Å²) in [7, 11) is 0. The van der Waals surface area contributed by atoms with Gasteiger partial charge in [0.05, 0.1) is 0 Å². The average Bonchev–Trinajstić information content (AvgIpc) is 3.17. The van der Waals surface area contributed by atoms with Crippen molar-refractivity contribution in [2.45, 2.75) is 38.3 Å². The Hall–Kier alpha value is -0.900. The van der Waals surface area contributed by atoms with Crippen molar-refractivity contribution in [1.29, 1.82) is 0 Å². The monoisotopic (exact) mass is 285 g/mol. The molecule has 1 atom stereocenters. The minimum absolute atomic E-state index is 0.793. The maximum Gasteiger partial charge on any atom is 0.0236 e. The van der Waals surface area contributed by atoms with E-state index in [0.717, 1.165) is 12.6 Å². The van der Waals surface area contributed by atoms with Gasteiger partial charge < -0.3 is 5.32 Å². The van der Waals surface area contributed by atoms with Crippen molar-refractivity contribution < 1.29 is 0 Å². The quantitative estimate of drug-likeness (QED) is 0.911. The molecular weight excluding hydrogens is 258 g/mol. The molecule has 114 valence electrons. The molecule has 0 amide bonds. The molecule has 0 radical (unpaired) electrons. The molecule has 3 aliphatic rings. The van der Waals surface area contributed by atoms with Gasteiger partial charge in [-0.15, -0.1) is 0 Å². The molecular formula is C18H27N3. The fourth-order valence-electron chi connectivity index (χ4n) is 4.28. The van der Waals surface area contributed by atoms with Crippen LogP contribution in [-0.2, 0) is 19.4 Å². The van der Waals surface area contributed by atoms with Crippen molar-refractivity contribution >= 4 is 0 Å². The van der Waals surface area contributed by atoms with Crippen molar-refractivity contribution in [3.05, 3.63) is 34.9 Å². The Kier molecular flexibility index (Phi) is 3.97. The summed E-state index contributed by atoms with van der Waals surface area (Å²) in [5.74, 6) is 0. The van der Waals surface area contributed by atoms with Gasteiger partial charge >= 0.3 is 0 Å². The summed E-state index contributed by atoms with van der Waals surface area (Å²) in [6.45, 7) is 8.48. The van der Waals surface area contributed by atoms with Crippen molar-refractivity contribution in [2.24, 2.45) is 0 Å². The standard InChI is InChI=1S/C18H27N3/c1-2-16-5-4-15(12-17(16)3-1)13-20-9-6-18(14-20)21-10-7-19-8-11-21/h4-5,12,18-19H,1-3,6-11,13-14H2. The molecule has 2 aliphatic heterocycles. The molecule has 1 aromatic rings. The van der Waals surface area contributed by atoms with Gasteiger partial charge in [-0.05, 0) is 42.4 Å². The zero-order valence-electron chi connectivity index (χ0n) is 13.0. The molecule has 0 aromatic heterocycles. The van der Waals surface area contributed by atoms with Crippen LogP contribution in [-0.4, -0.2) is 55.1 Å². The Labute approximate surface area is 128 Å². The third-order valence-electron chi connectivity index (χ3n) is 5.48. The van der Waals surface area contributed by atoms with Crippen LogP contribution in [0.4, 0.5) is 0 Å².